The van der Waals surface area contributed by atoms with Crippen LogP contribution in [0.4, 0.5) is 5.69 Å². The molecule has 0 saturated carbocycles. The number of hydrogen-bond donors (Lipinski definition) is 2. The van der Waals surface area contributed by atoms with Gasteiger partial charge in [-0.3, -0.25) is 0 Å². The third-order valence-electron chi connectivity index (χ3n) is 4.33. The predicted molar refractivity (Wildman–Crippen MR) is 121 cm³/mol. The van der Waals surface area contributed by atoms with Crippen molar-refractivity contribution in [2.24, 2.45) is 0 Å². The molecule has 1 amide bonds. The summed E-state index contributed by atoms with van der Waals surface area (Å²) in [5.74, 6) is -0.743. The maximum absolute atomic E-state index is 12.6. The average Bonchev–Trinajstić information content (AvgIpc) is 3.18. The number of thioether (sulfide) groups is 1. The number of rotatable bonds is 6. The summed E-state index contributed by atoms with van der Waals surface area (Å²) in [6.45, 7) is 2.59. The van der Waals surface area contributed by atoms with Crippen molar-refractivity contribution >= 4 is 72.9 Å². The molecular formula is C18H19N2O6PS2Se. The fraction of sp³-hybridized carbons (Fsp3) is 0.278. The van der Waals surface area contributed by atoms with E-state index in [9.17, 15) is 14.2 Å². The number of methoxy groups -OCH3 is 1. The number of carbonyl (C=O) groups is 2. The van der Waals surface area contributed by atoms with Crippen molar-refractivity contribution in [2.45, 2.75) is 6.92 Å². The molecule has 1 aromatic rings. The molecule has 1 aromatic carbocycles. The number of fused-ring (bicyclic) bond motifs is 1. The van der Waals surface area contributed by atoms with Gasteiger partial charge < -0.3 is 0 Å². The Balaban J connectivity index is 1.80. The van der Waals surface area contributed by atoms with E-state index in [0.29, 0.717) is 17.0 Å². The summed E-state index contributed by atoms with van der Waals surface area (Å²) in [4.78, 5) is 46.2. The number of thiocarbonyl (C=S) groups is 1. The second kappa shape index (κ2) is 9.36. The number of carbonyl (C=O) groups excluding carboxylic acids is 2. The van der Waals surface area contributed by atoms with E-state index in [-0.39, 0.29) is 31.7 Å². The Kier molecular flexibility index (Phi) is 7.24. The fourth-order valence-electron chi connectivity index (χ4n) is 2.88. The van der Waals surface area contributed by atoms with Crippen LogP contribution in [0.25, 0.3) is 0 Å². The summed E-state index contributed by atoms with van der Waals surface area (Å²) in [5.41, 5.74) is 1.44. The van der Waals surface area contributed by atoms with Crippen molar-refractivity contribution in [1.29, 1.82) is 0 Å². The molecule has 0 spiro atoms. The van der Waals surface area contributed by atoms with Crippen LogP contribution in [-0.4, -0.2) is 72.2 Å². The molecule has 2 heterocycles. The van der Waals surface area contributed by atoms with Crippen LogP contribution in [0.2, 0.25) is 0 Å². The van der Waals surface area contributed by atoms with Crippen LogP contribution in [0.3, 0.4) is 0 Å². The normalized spacial score (nSPS) is 19.2. The number of benzene rings is 1. The van der Waals surface area contributed by atoms with E-state index in [1.54, 1.807) is 12.1 Å². The van der Waals surface area contributed by atoms with E-state index in [1.807, 2.05) is 25.1 Å². The number of ether oxygens (including phenoxy) is 1. The van der Waals surface area contributed by atoms with Crippen LogP contribution in [0.5, 0.6) is 0 Å². The summed E-state index contributed by atoms with van der Waals surface area (Å²) < 4.78 is 18.3. The van der Waals surface area contributed by atoms with Crippen LogP contribution in [0.1, 0.15) is 17.3 Å². The molecule has 0 aromatic heterocycles. The van der Waals surface area contributed by atoms with Crippen LogP contribution in [-0.2, 0) is 14.1 Å². The minimum atomic E-state index is -4.21. The maximum atomic E-state index is 12.6. The Labute approximate surface area is 189 Å². The second-order valence-electron chi connectivity index (χ2n) is 6.27. The second-order valence-corrected chi connectivity index (χ2v) is 12.0. The fourth-order valence-corrected chi connectivity index (χ4v) is 6.92. The molecule has 30 heavy (non-hydrogen) atoms. The molecule has 8 nitrogen and oxygen atoms in total. The van der Waals surface area contributed by atoms with E-state index in [0.717, 1.165) is 26.5 Å². The van der Waals surface area contributed by atoms with Crippen LogP contribution >= 0.6 is 31.6 Å². The number of hydrogen-bond acceptors (Lipinski definition) is 7. The monoisotopic (exact) mass is 534 g/mol. The third kappa shape index (κ3) is 5.06. The van der Waals surface area contributed by atoms with Crippen molar-refractivity contribution in [1.82, 2.24) is 4.90 Å². The summed E-state index contributed by atoms with van der Waals surface area (Å²) in [6, 6.07) is 5.48. The standard InChI is InChI=1S/C18H19N2O6PS2Se/c1-3-19-12-10-11(17(22)26-2)4-6-14(12)30-15(19)7-5-13-16(21)20(18(28)29-13)8-9-27(23,24)25/h4-7,10H,3,8-9H2,1-2H3,(H2,23,24,25)/b13-5+,15-7-. The van der Waals surface area contributed by atoms with E-state index in [4.69, 9.17) is 26.7 Å². The van der Waals surface area contributed by atoms with Gasteiger partial charge in [-0.2, -0.15) is 0 Å². The van der Waals surface area contributed by atoms with Crippen LogP contribution in [0, 0.1) is 0 Å². The van der Waals surface area contributed by atoms with Gasteiger partial charge in [-0.05, 0) is 0 Å². The Bertz CT molecular complexity index is 1020. The van der Waals surface area contributed by atoms with Crippen molar-refractivity contribution < 1.29 is 28.7 Å². The van der Waals surface area contributed by atoms with Crippen molar-refractivity contribution in [3.63, 3.8) is 0 Å². The summed E-state index contributed by atoms with van der Waals surface area (Å²) >= 11 is 6.31. The molecule has 0 radical (unpaired) electrons. The van der Waals surface area contributed by atoms with Gasteiger partial charge in [-0.1, -0.05) is 0 Å². The Morgan fingerprint density at radius 1 is 1.33 bits per heavy atom. The third-order valence-corrected chi connectivity index (χ3v) is 8.88. The molecule has 160 valence electrons. The van der Waals surface area contributed by atoms with E-state index < -0.39 is 19.7 Å². The molecule has 0 aliphatic carbocycles. The van der Waals surface area contributed by atoms with Gasteiger partial charge in [0.05, 0.1) is 0 Å². The average molecular weight is 533 g/mol. The van der Waals surface area contributed by atoms with Gasteiger partial charge in [0.15, 0.2) is 0 Å². The first-order chi connectivity index (χ1) is 14.1. The summed E-state index contributed by atoms with van der Waals surface area (Å²) in [6.07, 6.45) is 3.14. The molecular weight excluding hydrogens is 514 g/mol. The van der Waals surface area contributed by atoms with Gasteiger partial charge >= 0.3 is 190 Å². The van der Waals surface area contributed by atoms with Gasteiger partial charge in [0, 0.05) is 0 Å². The zero-order chi connectivity index (χ0) is 22.1. The zero-order valence-electron chi connectivity index (χ0n) is 16.1. The number of esters is 1. The number of nitrogens with zero attached hydrogens (tertiary/aromatic N) is 2. The van der Waals surface area contributed by atoms with Gasteiger partial charge in [0.2, 0.25) is 0 Å². The predicted octanol–water partition coefficient (Wildman–Crippen LogP) is 1.41. The molecule has 1 saturated heterocycles. The first-order valence-corrected chi connectivity index (χ1v) is 13.6. The first-order valence-electron chi connectivity index (χ1n) is 8.82. The minimum absolute atomic E-state index is 0.00395. The number of amides is 1. The van der Waals surface area contributed by atoms with E-state index >= 15 is 0 Å². The molecule has 0 unspecified atom stereocenters. The van der Waals surface area contributed by atoms with Crippen molar-refractivity contribution in [3.05, 3.63) is 45.4 Å². The summed E-state index contributed by atoms with van der Waals surface area (Å²) in [5, 5.41) is 0. The van der Waals surface area contributed by atoms with Crippen LogP contribution < -0.4 is 9.36 Å². The molecule has 0 atom stereocenters. The quantitative estimate of drug-likeness (QED) is 0.185. The molecule has 3 rings (SSSR count). The number of anilines is 1. The topological polar surface area (TPSA) is 107 Å². The van der Waals surface area contributed by atoms with Gasteiger partial charge in [0.25, 0.3) is 0 Å². The Hall–Kier alpha value is -1.45. The van der Waals surface area contributed by atoms with Gasteiger partial charge in [0.1, 0.15) is 0 Å². The molecule has 1 fully saturated rings. The van der Waals surface area contributed by atoms with Gasteiger partial charge in [-0.25, -0.2) is 0 Å². The first kappa shape index (κ1) is 23.2. The molecule has 12 heteroatoms. The Morgan fingerprint density at radius 2 is 2.07 bits per heavy atom. The molecule has 2 N–H and O–H groups in total. The Morgan fingerprint density at radius 3 is 2.70 bits per heavy atom. The molecule has 2 aliphatic heterocycles. The summed E-state index contributed by atoms with van der Waals surface area (Å²) in [7, 11) is -2.87. The van der Waals surface area contributed by atoms with E-state index in [2.05, 4.69) is 4.90 Å². The van der Waals surface area contributed by atoms with Crippen molar-refractivity contribution in [2.75, 3.05) is 31.3 Å². The number of allylic oxidation sites excluding steroid dienone is 2. The van der Waals surface area contributed by atoms with E-state index in [1.165, 1.54) is 12.0 Å². The van der Waals surface area contributed by atoms with Crippen LogP contribution in [0.15, 0.2) is 39.9 Å². The zero-order valence-corrected chi connectivity index (χ0v) is 20.3. The molecule has 0 bridgehead atoms. The van der Waals surface area contributed by atoms with Crippen molar-refractivity contribution in [3.8, 4) is 0 Å². The molecule has 2 aliphatic rings. The SMILES string of the molecule is CCN1/C(=C/C=C2/SC(=S)N(CCP(=O)(O)O)C2=O)[Se]c2ccc(C(=O)OC)cc21. The van der Waals surface area contributed by atoms with Gasteiger partial charge in [-0.15, -0.1) is 0 Å².